The number of ether oxygens (including phenoxy) is 1. The minimum absolute atomic E-state index is 0.0340. The van der Waals surface area contributed by atoms with Crippen molar-refractivity contribution in [2.24, 2.45) is 0 Å². The molecule has 2 bridgehead atoms. The lowest BCUT2D eigenvalue weighted by atomic mass is 10.1. The van der Waals surface area contributed by atoms with Gasteiger partial charge in [0, 0.05) is 24.3 Å². The molecule has 8 nitrogen and oxygen atoms in total. The summed E-state index contributed by atoms with van der Waals surface area (Å²) in [5.74, 6) is -2.40. The maximum atomic E-state index is 14.2. The Labute approximate surface area is 177 Å². The highest BCUT2D eigenvalue weighted by Gasteiger charge is 2.47. The number of aromatic nitrogens is 1. The van der Waals surface area contributed by atoms with Gasteiger partial charge in [0.25, 0.3) is 11.8 Å². The normalized spacial score (nSPS) is 24.0. The number of rotatable bonds is 3. The van der Waals surface area contributed by atoms with Crippen LogP contribution in [0.25, 0.3) is 0 Å². The van der Waals surface area contributed by atoms with E-state index in [1.54, 1.807) is 30.0 Å². The number of hydrogen-bond acceptors (Lipinski definition) is 5. The Morgan fingerprint density at radius 2 is 2.13 bits per heavy atom. The molecule has 1 saturated heterocycles. The second-order valence-electron chi connectivity index (χ2n) is 8.34. The van der Waals surface area contributed by atoms with Gasteiger partial charge in [0.2, 0.25) is 5.43 Å². The topological polar surface area (TPSA) is 101 Å². The summed E-state index contributed by atoms with van der Waals surface area (Å²) < 4.78 is 21.6. The zero-order chi connectivity index (χ0) is 21.9. The van der Waals surface area contributed by atoms with Gasteiger partial charge >= 0.3 is 0 Å². The number of carbonyl (C=O) groups excluding carboxylic acids is 2. The van der Waals surface area contributed by atoms with Crippen molar-refractivity contribution in [3.63, 3.8) is 0 Å². The number of carbonyl (C=O) groups is 2. The largest absolute Gasteiger partial charge is 0.503 e. The van der Waals surface area contributed by atoms with Gasteiger partial charge in [-0.2, -0.15) is 0 Å². The number of hydrogen-bond donors (Lipinski definition) is 2. The van der Waals surface area contributed by atoms with E-state index in [1.807, 2.05) is 0 Å². The fourth-order valence-corrected chi connectivity index (χ4v) is 4.83. The lowest BCUT2D eigenvalue weighted by molar-refractivity contribution is -0.132. The van der Waals surface area contributed by atoms with E-state index in [-0.39, 0.29) is 42.1 Å². The standard InChI is InChI=1S/C22H22FN3O5/c1-11-3-2-4-12(17(11)23)8-24-21(29)15-9-25-10-16-26(13-5-6-14(7-13)31-16)22(30)18(25)20(28)19(15)27/h2-4,9,13-14,16,28H,5-8,10H2,1H3,(H,24,29)/t13-,14+,16+/m1/s1. The van der Waals surface area contributed by atoms with E-state index in [0.717, 1.165) is 19.3 Å². The second-order valence-corrected chi connectivity index (χ2v) is 8.34. The van der Waals surface area contributed by atoms with E-state index in [9.17, 15) is 23.9 Å². The maximum absolute atomic E-state index is 14.2. The molecule has 2 N–H and O–H groups in total. The van der Waals surface area contributed by atoms with E-state index in [4.69, 9.17) is 4.74 Å². The Morgan fingerprint density at radius 3 is 2.94 bits per heavy atom. The molecular weight excluding hydrogens is 405 g/mol. The minimum Gasteiger partial charge on any atom is -0.503 e. The van der Waals surface area contributed by atoms with Gasteiger partial charge in [-0.3, -0.25) is 14.4 Å². The molecule has 0 radical (unpaired) electrons. The van der Waals surface area contributed by atoms with Crippen molar-refractivity contribution in [2.75, 3.05) is 0 Å². The summed E-state index contributed by atoms with van der Waals surface area (Å²) in [7, 11) is 0. The number of aryl methyl sites for hydroxylation is 1. The molecule has 162 valence electrons. The Kier molecular flexibility index (Phi) is 4.58. The summed E-state index contributed by atoms with van der Waals surface area (Å²) in [5.41, 5.74) is -0.636. The summed E-state index contributed by atoms with van der Waals surface area (Å²) in [5, 5.41) is 13.0. The summed E-state index contributed by atoms with van der Waals surface area (Å²) >= 11 is 0. The second kappa shape index (κ2) is 7.19. The Morgan fingerprint density at radius 1 is 1.32 bits per heavy atom. The van der Waals surface area contributed by atoms with Crippen LogP contribution < -0.4 is 10.7 Å². The number of pyridine rings is 1. The highest BCUT2D eigenvalue weighted by molar-refractivity contribution is 5.99. The average molecular weight is 427 g/mol. The van der Waals surface area contributed by atoms with Crippen LogP contribution in [0.1, 0.15) is 51.2 Å². The molecule has 31 heavy (non-hydrogen) atoms. The van der Waals surface area contributed by atoms with Gasteiger partial charge in [-0.1, -0.05) is 18.2 Å². The number of amides is 2. The Balaban J connectivity index is 1.44. The third-order valence-corrected chi connectivity index (χ3v) is 6.41. The number of halogens is 1. The van der Waals surface area contributed by atoms with Crippen LogP contribution in [0.5, 0.6) is 5.75 Å². The van der Waals surface area contributed by atoms with E-state index >= 15 is 0 Å². The molecule has 9 heteroatoms. The van der Waals surface area contributed by atoms with Gasteiger partial charge in [0.15, 0.2) is 17.7 Å². The molecule has 5 rings (SSSR count). The predicted molar refractivity (Wildman–Crippen MR) is 107 cm³/mol. The van der Waals surface area contributed by atoms with Gasteiger partial charge in [-0.15, -0.1) is 0 Å². The molecule has 2 aliphatic heterocycles. The van der Waals surface area contributed by atoms with Crippen LogP contribution in [0.2, 0.25) is 0 Å². The number of benzene rings is 1. The lowest BCUT2D eigenvalue weighted by Gasteiger charge is -2.44. The molecule has 2 fully saturated rings. The SMILES string of the molecule is Cc1cccc(CNC(=O)c2cn3c(c(O)c2=O)C(=O)N2[C@@H]4CC[C@@H](C4)O[C@H]2C3)c1F. The fraction of sp³-hybridized carbons (Fsp3) is 0.409. The molecule has 0 unspecified atom stereocenters. The monoisotopic (exact) mass is 427 g/mol. The van der Waals surface area contributed by atoms with Crippen LogP contribution in [0, 0.1) is 12.7 Å². The summed E-state index contributed by atoms with van der Waals surface area (Å²) in [6.07, 6.45) is 3.32. The first-order valence-electron chi connectivity index (χ1n) is 10.3. The molecule has 2 amide bonds. The van der Waals surface area contributed by atoms with Crippen molar-refractivity contribution in [3.8, 4) is 5.75 Å². The van der Waals surface area contributed by atoms with Gasteiger partial charge in [-0.25, -0.2) is 4.39 Å². The molecular formula is C22H22FN3O5. The first-order valence-corrected chi connectivity index (χ1v) is 10.3. The fourth-order valence-electron chi connectivity index (χ4n) is 4.83. The van der Waals surface area contributed by atoms with Gasteiger partial charge < -0.3 is 24.6 Å². The summed E-state index contributed by atoms with van der Waals surface area (Å²) in [6, 6.07) is 4.87. The van der Waals surface area contributed by atoms with Crippen LogP contribution in [-0.4, -0.2) is 44.8 Å². The Bertz CT molecular complexity index is 1160. The van der Waals surface area contributed by atoms with Crippen LogP contribution in [0.4, 0.5) is 4.39 Å². The van der Waals surface area contributed by atoms with Crippen molar-refractivity contribution >= 4 is 11.8 Å². The first kappa shape index (κ1) is 19.7. The van der Waals surface area contributed by atoms with Crippen molar-refractivity contribution in [2.45, 2.75) is 57.6 Å². The van der Waals surface area contributed by atoms with Gasteiger partial charge in [0.1, 0.15) is 11.4 Å². The van der Waals surface area contributed by atoms with Crippen LogP contribution in [-0.2, 0) is 17.8 Å². The van der Waals surface area contributed by atoms with Gasteiger partial charge in [-0.05, 0) is 31.7 Å². The van der Waals surface area contributed by atoms with Crippen LogP contribution >= 0.6 is 0 Å². The molecule has 0 spiro atoms. The molecule has 1 saturated carbocycles. The predicted octanol–water partition coefficient (Wildman–Crippen LogP) is 1.66. The molecule has 2 aromatic rings. The number of nitrogens with zero attached hydrogens (tertiary/aromatic N) is 2. The lowest BCUT2D eigenvalue weighted by Crippen LogP contribution is -2.57. The summed E-state index contributed by atoms with van der Waals surface area (Å²) in [4.78, 5) is 40.0. The summed E-state index contributed by atoms with van der Waals surface area (Å²) in [6.45, 7) is 1.72. The number of nitrogens with one attached hydrogen (secondary N) is 1. The van der Waals surface area contributed by atoms with Crippen LogP contribution in [0.15, 0.2) is 29.2 Å². The van der Waals surface area contributed by atoms with E-state index in [2.05, 4.69) is 5.32 Å². The zero-order valence-corrected chi connectivity index (χ0v) is 16.9. The van der Waals surface area contributed by atoms with Crippen molar-refractivity contribution in [1.82, 2.24) is 14.8 Å². The van der Waals surface area contributed by atoms with E-state index in [0.29, 0.717) is 5.56 Å². The number of fused-ring (bicyclic) bond motifs is 5. The quantitative estimate of drug-likeness (QED) is 0.776. The molecule has 3 atom stereocenters. The number of aromatic hydroxyl groups is 1. The van der Waals surface area contributed by atoms with Crippen molar-refractivity contribution in [3.05, 3.63) is 62.8 Å². The smallest absolute Gasteiger partial charge is 0.276 e. The molecule has 3 heterocycles. The molecule has 1 aromatic carbocycles. The third-order valence-electron chi connectivity index (χ3n) is 6.41. The minimum atomic E-state index is -0.928. The molecule has 3 aliphatic rings. The van der Waals surface area contributed by atoms with Crippen molar-refractivity contribution < 1.29 is 23.8 Å². The van der Waals surface area contributed by atoms with E-state index in [1.165, 1.54) is 10.8 Å². The maximum Gasteiger partial charge on any atom is 0.276 e. The highest BCUT2D eigenvalue weighted by atomic mass is 19.1. The molecule has 1 aliphatic carbocycles. The highest BCUT2D eigenvalue weighted by Crippen LogP contribution is 2.38. The molecule has 1 aromatic heterocycles. The third kappa shape index (κ3) is 3.11. The Hall–Kier alpha value is -3.20. The van der Waals surface area contributed by atoms with Crippen LogP contribution in [0.3, 0.4) is 0 Å². The van der Waals surface area contributed by atoms with Gasteiger partial charge in [0.05, 0.1) is 12.6 Å². The average Bonchev–Trinajstić information content (AvgIpc) is 3.12. The van der Waals surface area contributed by atoms with Crippen molar-refractivity contribution in [1.29, 1.82) is 0 Å². The first-order chi connectivity index (χ1) is 14.8. The van der Waals surface area contributed by atoms with E-state index < -0.39 is 35.0 Å². The zero-order valence-electron chi connectivity index (χ0n) is 16.9.